The number of hydrogen-bond acceptors (Lipinski definition) is 0. The largest absolute Gasteiger partial charge is 0.355 e. The number of benzene rings is 3. The number of H-pyrrole nitrogens is 1. The van der Waals surface area contributed by atoms with Crippen LogP contribution in [0.5, 0.6) is 0 Å². The normalized spacial score (nSPS) is 10.9. The van der Waals surface area contributed by atoms with Crippen LogP contribution in [-0.4, -0.2) is 4.98 Å². The number of hydrogen-bond donors (Lipinski definition) is 1. The van der Waals surface area contributed by atoms with Crippen LogP contribution in [0.25, 0.3) is 23.1 Å². The Morgan fingerprint density at radius 1 is 0.792 bits per heavy atom. The second-order valence-electron chi connectivity index (χ2n) is 5.78. The highest BCUT2D eigenvalue weighted by atomic mass is 35.5. The zero-order valence-corrected chi connectivity index (χ0v) is 13.8. The van der Waals surface area contributed by atoms with Gasteiger partial charge >= 0.3 is 0 Å². The van der Waals surface area contributed by atoms with Crippen molar-refractivity contribution in [3.05, 3.63) is 106 Å². The van der Waals surface area contributed by atoms with Crippen molar-refractivity contribution < 1.29 is 0 Å². The standard InChI is InChI=1S/C22H16ClN/c1-15-21(19-14-18(23)12-13-20(19)24-15)22(16-8-4-2-5-9-16)17-10-6-3-7-11-17/h2-14,24H,1H2. The number of nitrogens with one attached hydrogen (secondary N) is 1. The predicted octanol–water partition coefficient (Wildman–Crippen LogP) is 4.48. The fourth-order valence-corrected chi connectivity index (χ4v) is 3.34. The molecule has 0 aliphatic rings. The van der Waals surface area contributed by atoms with Gasteiger partial charge in [0.25, 0.3) is 0 Å². The molecule has 0 aliphatic heterocycles. The lowest BCUT2D eigenvalue weighted by atomic mass is 9.95. The Morgan fingerprint density at radius 3 is 1.96 bits per heavy atom. The highest BCUT2D eigenvalue weighted by Crippen LogP contribution is 2.22. The quantitative estimate of drug-likeness (QED) is 0.558. The second-order valence-corrected chi connectivity index (χ2v) is 6.21. The average Bonchev–Trinajstić information content (AvgIpc) is 2.93. The molecule has 24 heavy (non-hydrogen) atoms. The van der Waals surface area contributed by atoms with E-state index in [0.717, 1.165) is 43.2 Å². The molecule has 3 aromatic carbocycles. The van der Waals surface area contributed by atoms with E-state index in [9.17, 15) is 0 Å². The van der Waals surface area contributed by atoms with E-state index in [1.54, 1.807) is 0 Å². The number of fused-ring (bicyclic) bond motifs is 1. The summed E-state index contributed by atoms with van der Waals surface area (Å²) in [5.74, 6) is 0. The first-order valence-electron chi connectivity index (χ1n) is 7.85. The topological polar surface area (TPSA) is 15.8 Å². The van der Waals surface area contributed by atoms with E-state index in [-0.39, 0.29) is 0 Å². The van der Waals surface area contributed by atoms with Gasteiger partial charge in [-0.25, -0.2) is 0 Å². The molecule has 4 aromatic rings. The van der Waals surface area contributed by atoms with Crippen molar-refractivity contribution in [1.82, 2.24) is 4.98 Å². The maximum Gasteiger partial charge on any atom is 0.0465 e. The summed E-state index contributed by atoms with van der Waals surface area (Å²) in [5.41, 5.74) is 4.53. The molecular weight excluding hydrogens is 314 g/mol. The van der Waals surface area contributed by atoms with Gasteiger partial charge in [0.05, 0.1) is 0 Å². The SMILES string of the molecule is C=c1[nH]c2ccc(Cl)cc2c1=C(c1ccccc1)c1ccccc1. The van der Waals surface area contributed by atoms with E-state index >= 15 is 0 Å². The summed E-state index contributed by atoms with van der Waals surface area (Å²) in [6, 6.07) is 26.7. The molecule has 0 atom stereocenters. The minimum Gasteiger partial charge on any atom is -0.355 e. The van der Waals surface area contributed by atoms with Crippen LogP contribution in [0.3, 0.4) is 0 Å². The summed E-state index contributed by atoms with van der Waals surface area (Å²) in [6.07, 6.45) is 0. The third-order valence-corrected chi connectivity index (χ3v) is 4.45. The molecule has 2 heteroatoms. The number of aromatic nitrogens is 1. The molecule has 0 amide bonds. The molecule has 116 valence electrons. The Labute approximate surface area is 145 Å². The summed E-state index contributed by atoms with van der Waals surface area (Å²) in [7, 11) is 0. The van der Waals surface area contributed by atoms with E-state index in [0.29, 0.717) is 0 Å². The Balaban J connectivity index is 2.23. The summed E-state index contributed by atoms with van der Waals surface area (Å²) in [4.78, 5) is 3.38. The van der Waals surface area contributed by atoms with Crippen LogP contribution in [0, 0.1) is 0 Å². The van der Waals surface area contributed by atoms with Gasteiger partial charge in [-0.3, -0.25) is 0 Å². The van der Waals surface area contributed by atoms with Crippen LogP contribution in [0.2, 0.25) is 5.02 Å². The Morgan fingerprint density at radius 2 is 1.38 bits per heavy atom. The molecule has 0 spiro atoms. The van der Waals surface area contributed by atoms with E-state index < -0.39 is 0 Å². The van der Waals surface area contributed by atoms with Crippen LogP contribution in [0.15, 0.2) is 78.9 Å². The van der Waals surface area contributed by atoms with Crippen molar-refractivity contribution in [3.63, 3.8) is 0 Å². The second kappa shape index (κ2) is 6.03. The molecule has 0 saturated heterocycles. The average molecular weight is 330 g/mol. The predicted molar refractivity (Wildman–Crippen MR) is 103 cm³/mol. The first-order chi connectivity index (χ1) is 11.7. The van der Waals surface area contributed by atoms with E-state index in [1.165, 1.54) is 0 Å². The smallest absolute Gasteiger partial charge is 0.0465 e. The van der Waals surface area contributed by atoms with Gasteiger partial charge in [-0.1, -0.05) is 78.8 Å². The Kier molecular flexibility index (Phi) is 3.72. The van der Waals surface area contributed by atoms with Gasteiger partial charge in [0, 0.05) is 26.5 Å². The van der Waals surface area contributed by atoms with E-state index in [4.69, 9.17) is 11.6 Å². The maximum absolute atomic E-state index is 6.25. The van der Waals surface area contributed by atoms with E-state index in [1.807, 2.05) is 30.3 Å². The molecule has 1 aromatic heterocycles. The number of halogens is 1. The summed E-state index contributed by atoms with van der Waals surface area (Å²) < 4.78 is 0. The molecule has 0 unspecified atom stereocenters. The monoisotopic (exact) mass is 329 g/mol. The molecule has 0 bridgehead atoms. The first-order valence-corrected chi connectivity index (χ1v) is 8.23. The van der Waals surface area contributed by atoms with Gasteiger partial charge in [0.15, 0.2) is 0 Å². The highest BCUT2D eigenvalue weighted by molar-refractivity contribution is 6.31. The minimum atomic E-state index is 0.725. The van der Waals surface area contributed by atoms with Gasteiger partial charge in [-0.05, 0) is 34.9 Å². The molecule has 0 saturated carbocycles. The number of aromatic amines is 1. The lowest BCUT2D eigenvalue weighted by Gasteiger charge is -2.08. The molecular formula is C22H16ClN. The lowest BCUT2D eigenvalue weighted by molar-refractivity contribution is 1.36. The van der Waals surface area contributed by atoms with Crippen LogP contribution < -0.4 is 10.6 Å². The van der Waals surface area contributed by atoms with Crippen LogP contribution in [0.4, 0.5) is 0 Å². The van der Waals surface area contributed by atoms with Crippen molar-refractivity contribution in [1.29, 1.82) is 0 Å². The Hall–Kier alpha value is -2.77. The van der Waals surface area contributed by atoms with Crippen molar-refractivity contribution in [2.75, 3.05) is 0 Å². The lowest BCUT2D eigenvalue weighted by Crippen LogP contribution is -2.24. The van der Waals surface area contributed by atoms with Crippen molar-refractivity contribution >= 4 is 34.7 Å². The molecule has 4 rings (SSSR count). The zero-order valence-electron chi connectivity index (χ0n) is 13.1. The third-order valence-electron chi connectivity index (χ3n) is 4.21. The van der Waals surface area contributed by atoms with Crippen molar-refractivity contribution in [3.8, 4) is 0 Å². The fraction of sp³-hybridized carbons (Fsp3) is 0. The van der Waals surface area contributed by atoms with E-state index in [2.05, 4.69) is 60.1 Å². The summed E-state index contributed by atoms with van der Waals surface area (Å²) >= 11 is 6.25. The van der Waals surface area contributed by atoms with Crippen LogP contribution >= 0.6 is 11.6 Å². The van der Waals surface area contributed by atoms with Gasteiger partial charge in [0.2, 0.25) is 0 Å². The fourth-order valence-electron chi connectivity index (χ4n) is 3.17. The van der Waals surface area contributed by atoms with Gasteiger partial charge in [-0.2, -0.15) is 0 Å². The number of rotatable bonds is 2. The maximum atomic E-state index is 6.25. The molecule has 1 nitrogen and oxygen atoms in total. The molecule has 0 fully saturated rings. The first kappa shape index (κ1) is 14.8. The van der Waals surface area contributed by atoms with Gasteiger partial charge in [-0.15, -0.1) is 0 Å². The van der Waals surface area contributed by atoms with Crippen LogP contribution in [-0.2, 0) is 0 Å². The molecule has 0 radical (unpaired) electrons. The summed E-state index contributed by atoms with van der Waals surface area (Å²) in [5, 5.41) is 3.82. The van der Waals surface area contributed by atoms with Gasteiger partial charge in [0.1, 0.15) is 0 Å². The van der Waals surface area contributed by atoms with Crippen LogP contribution in [0.1, 0.15) is 11.1 Å². The van der Waals surface area contributed by atoms with Crippen molar-refractivity contribution in [2.45, 2.75) is 0 Å². The summed E-state index contributed by atoms with van der Waals surface area (Å²) in [6.45, 7) is 4.24. The minimum absolute atomic E-state index is 0.725. The molecule has 1 N–H and O–H groups in total. The molecule has 1 heterocycles. The van der Waals surface area contributed by atoms with Gasteiger partial charge < -0.3 is 4.98 Å². The highest BCUT2D eigenvalue weighted by Gasteiger charge is 2.10. The van der Waals surface area contributed by atoms with Crippen molar-refractivity contribution in [2.24, 2.45) is 0 Å². The Bertz CT molecular complexity index is 1070. The zero-order chi connectivity index (χ0) is 16.5. The molecule has 0 aliphatic carbocycles. The third kappa shape index (κ3) is 2.53.